The number of benzene rings is 1. The smallest absolute Gasteiger partial charge is 0.146 e. The van der Waals surface area contributed by atoms with Crippen LogP contribution in [0.3, 0.4) is 0 Å². The van der Waals surface area contributed by atoms with Gasteiger partial charge in [-0.1, -0.05) is 12.1 Å². The number of para-hydroxylation sites is 1. The van der Waals surface area contributed by atoms with Gasteiger partial charge in [0, 0.05) is 6.61 Å². The highest BCUT2D eigenvalue weighted by molar-refractivity contribution is 5.45. The molecule has 0 amide bonds. The zero-order valence-electron chi connectivity index (χ0n) is 7.29. The second-order valence-corrected chi connectivity index (χ2v) is 3.18. The minimum atomic E-state index is -0.200. The summed E-state index contributed by atoms with van der Waals surface area (Å²) in [6, 6.07) is 6.97. The lowest BCUT2D eigenvalue weighted by molar-refractivity contribution is 0.195. The zero-order chi connectivity index (χ0) is 9.10. The van der Waals surface area contributed by atoms with Gasteiger partial charge in [-0.2, -0.15) is 0 Å². The fraction of sp³-hybridized carbons (Fsp3) is 0.400. The van der Waals surface area contributed by atoms with Crippen molar-refractivity contribution in [3.05, 3.63) is 30.1 Å². The first-order chi connectivity index (χ1) is 6.36. The van der Waals surface area contributed by atoms with Gasteiger partial charge in [-0.25, -0.2) is 4.39 Å². The fourth-order valence-electron chi connectivity index (χ4n) is 1.45. The van der Waals surface area contributed by atoms with Crippen LogP contribution in [-0.4, -0.2) is 19.3 Å². The molecule has 1 unspecified atom stereocenters. The molecule has 0 radical (unpaired) electrons. The largest absolute Gasteiger partial charge is 0.379 e. The standard InChI is InChI=1S/C10H12FNO/c11-9-3-1-2-4-10(9)12-8-5-6-13-7-8/h1-4,8,12H,5-7H2. The van der Waals surface area contributed by atoms with Crippen LogP contribution < -0.4 is 5.32 Å². The predicted molar refractivity (Wildman–Crippen MR) is 49.2 cm³/mol. The Kier molecular flexibility index (Phi) is 2.45. The van der Waals surface area contributed by atoms with Crippen LogP contribution in [0.1, 0.15) is 6.42 Å². The Balaban J connectivity index is 2.04. The maximum absolute atomic E-state index is 13.1. The number of halogens is 1. The van der Waals surface area contributed by atoms with E-state index in [-0.39, 0.29) is 11.9 Å². The predicted octanol–water partition coefficient (Wildman–Crippen LogP) is 2.03. The third-order valence-corrected chi connectivity index (χ3v) is 2.16. The van der Waals surface area contributed by atoms with Gasteiger partial charge in [-0.05, 0) is 18.6 Å². The van der Waals surface area contributed by atoms with E-state index < -0.39 is 0 Å². The molecule has 70 valence electrons. The third kappa shape index (κ3) is 1.98. The SMILES string of the molecule is Fc1ccccc1NC1CCOC1. The second kappa shape index (κ2) is 3.75. The van der Waals surface area contributed by atoms with E-state index in [2.05, 4.69) is 5.32 Å². The molecule has 2 rings (SSSR count). The molecular weight excluding hydrogens is 169 g/mol. The summed E-state index contributed by atoms with van der Waals surface area (Å²) in [5.74, 6) is -0.200. The molecule has 0 aromatic heterocycles. The molecule has 3 heteroatoms. The first kappa shape index (κ1) is 8.51. The Labute approximate surface area is 76.7 Å². The summed E-state index contributed by atoms with van der Waals surface area (Å²) in [5, 5.41) is 3.11. The molecule has 1 aromatic rings. The van der Waals surface area contributed by atoms with Crippen molar-refractivity contribution in [2.45, 2.75) is 12.5 Å². The van der Waals surface area contributed by atoms with Crippen LogP contribution in [0.15, 0.2) is 24.3 Å². The summed E-state index contributed by atoms with van der Waals surface area (Å²) in [4.78, 5) is 0. The van der Waals surface area contributed by atoms with Crippen molar-refractivity contribution in [3.63, 3.8) is 0 Å². The Morgan fingerprint density at radius 1 is 1.38 bits per heavy atom. The van der Waals surface area contributed by atoms with Crippen LogP contribution in [0.25, 0.3) is 0 Å². The highest BCUT2D eigenvalue weighted by Crippen LogP contribution is 2.16. The van der Waals surface area contributed by atoms with Crippen LogP contribution in [0.4, 0.5) is 10.1 Å². The second-order valence-electron chi connectivity index (χ2n) is 3.18. The van der Waals surface area contributed by atoms with Crippen LogP contribution in [-0.2, 0) is 4.74 Å². The molecule has 1 atom stereocenters. The minimum absolute atomic E-state index is 0.200. The van der Waals surface area contributed by atoms with Crippen molar-refractivity contribution in [3.8, 4) is 0 Å². The third-order valence-electron chi connectivity index (χ3n) is 2.16. The molecule has 2 nitrogen and oxygen atoms in total. The van der Waals surface area contributed by atoms with E-state index in [1.165, 1.54) is 6.07 Å². The normalized spacial score (nSPS) is 21.8. The number of ether oxygens (including phenoxy) is 1. The van der Waals surface area contributed by atoms with Crippen molar-refractivity contribution in [1.29, 1.82) is 0 Å². The lowest BCUT2D eigenvalue weighted by Gasteiger charge is -2.12. The summed E-state index contributed by atoms with van der Waals surface area (Å²) in [6.07, 6.45) is 0.953. The highest BCUT2D eigenvalue weighted by Gasteiger charge is 2.15. The average molecular weight is 181 g/mol. The maximum atomic E-state index is 13.1. The summed E-state index contributed by atoms with van der Waals surface area (Å²) < 4.78 is 18.3. The molecular formula is C10H12FNO. The first-order valence-electron chi connectivity index (χ1n) is 4.45. The summed E-state index contributed by atoms with van der Waals surface area (Å²) in [5.41, 5.74) is 0.568. The average Bonchev–Trinajstić information content (AvgIpc) is 2.61. The Morgan fingerprint density at radius 3 is 2.92 bits per heavy atom. The first-order valence-corrected chi connectivity index (χ1v) is 4.45. The van der Waals surface area contributed by atoms with Crippen molar-refractivity contribution >= 4 is 5.69 Å². The van der Waals surface area contributed by atoms with Gasteiger partial charge in [0.25, 0.3) is 0 Å². The van der Waals surface area contributed by atoms with E-state index in [1.54, 1.807) is 12.1 Å². The van der Waals surface area contributed by atoms with E-state index in [1.807, 2.05) is 6.07 Å². The number of anilines is 1. The van der Waals surface area contributed by atoms with Gasteiger partial charge in [-0.15, -0.1) is 0 Å². The molecule has 0 bridgehead atoms. The maximum Gasteiger partial charge on any atom is 0.146 e. The summed E-state index contributed by atoms with van der Waals surface area (Å²) in [6.45, 7) is 1.44. The van der Waals surface area contributed by atoms with Crippen LogP contribution >= 0.6 is 0 Å². The molecule has 1 aromatic carbocycles. The number of rotatable bonds is 2. The number of nitrogens with one attached hydrogen (secondary N) is 1. The van der Waals surface area contributed by atoms with E-state index in [9.17, 15) is 4.39 Å². The molecule has 1 saturated heterocycles. The van der Waals surface area contributed by atoms with Gasteiger partial charge < -0.3 is 10.1 Å². The molecule has 0 aliphatic carbocycles. The molecule has 1 aliphatic heterocycles. The number of hydrogen-bond donors (Lipinski definition) is 1. The van der Waals surface area contributed by atoms with Gasteiger partial charge >= 0.3 is 0 Å². The lowest BCUT2D eigenvalue weighted by atomic mass is 10.2. The van der Waals surface area contributed by atoms with Gasteiger partial charge in [0.1, 0.15) is 5.82 Å². The van der Waals surface area contributed by atoms with E-state index >= 15 is 0 Å². The molecule has 0 saturated carbocycles. The summed E-state index contributed by atoms with van der Waals surface area (Å²) in [7, 11) is 0. The fourth-order valence-corrected chi connectivity index (χ4v) is 1.45. The molecule has 0 spiro atoms. The quantitative estimate of drug-likeness (QED) is 0.753. The molecule has 1 N–H and O–H groups in total. The van der Waals surface area contributed by atoms with E-state index in [0.29, 0.717) is 12.3 Å². The van der Waals surface area contributed by atoms with Gasteiger partial charge in [0.2, 0.25) is 0 Å². The van der Waals surface area contributed by atoms with Crippen molar-refractivity contribution < 1.29 is 9.13 Å². The molecule has 1 aliphatic rings. The summed E-state index contributed by atoms with van der Waals surface area (Å²) >= 11 is 0. The topological polar surface area (TPSA) is 21.3 Å². The van der Waals surface area contributed by atoms with Crippen LogP contribution in [0, 0.1) is 5.82 Å². The van der Waals surface area contributed by atoms with Crippen molar-refractivity contribution in [2.75, 3.05) is 18.5 Å². The van der Waals surface area contributed by atoms with Crippen LogP contribution in [0.5, 0.6) is 0 Å². The van der Waals surface area contributed by atoms with Crippen LogP contribution in [0.2, 0.25) is 0 Å². The van der Waals surface area contributed by atoms with Gasteiger partial charge in [-0.3, -0.25) is 0 Å². The van der Waals surface area contributed by atoms with Crippen molar-refractivity contribution in [1.82, 2.24) is 0 Å². The Bertz CT molecular complexity index is 284. The lowest BCUT2D eigenvalue weighted by Crippen LogP contribution is -2.19. The number of hydrogen-bond acceptors (Lipinski definition) is 2. The molecule has 1 heterocycles. The zero-order valence-corrected chi connectivity index (χ0v) is 7.29. The monoisotopic (exact) mass is 181 g/mol. The van der Waals surface area contributed by atoms with E-state index in [0.717, 1.165) is 13.0 Å². The molecule has 13 heavy (non-hydrogen) atoms. The Morgan fingerprint density at radius 2 is 2.23 bits per heavy atom. The highest BCUT2D eigenvalue weighted by atomic mass is 19.1. The van der Waals surface area contributed by atoms with Gasteiger partial charge in [0.15, 0.2) is 0 Å². The van der Waals surface area contributed by atoms with Crippen molar-refractivity contribution in [2.24, 2.45) is 0 Å². The minimum Gasteiger partial charge on any atom is -0.379 e. The Hall–Kier alpha value is -1.09. The van der Waals surface area contributed by atoms with E-state index in [4.69, 9.17) is 4.74 Å². The van der Waals surface area contributed by atoms with Gasteiger partial charge in [0.05, 0.1) is 18.3 Å². The molecule has 1 fully saturated rings.